The summed E-state index contributed by atoms with van der Waals surface area (Å²) in [5.41, 5.74) is 7.01. The fourth-order valence-corrected chi connectivity index (χ4v) is 1.82. The predicted octanol–water partition coefficient (Wildman–Crippen LogP) is 1.57. The number of para-hydroxylation sites is 1. The Hall–Kier alpha value is -2.24. The second-order valence-corrected chi connectivity index (χ2v) is 4.66. The van der Waals surface area contributed by atoms with Gasteiger partial charge in [0.05, 0.1) is 11.4 Å². The minimum atomic E-state index is 0.166. The molecule has 3 N–H and O–H groups in total. The van der Waals surface area contributed by atoms with Crippen LogP contribution in [-0.2, 0) is 0 Å². The third-order valence-electron chi connectivity index (χ3n) is 2.85. The van der Waals surface area contributed by atoms with Crippen molar-refractivity contribution < 1.29 is 0 Å². The Kier molecular flexibility index (Phi) is 3.89. The molecule has 0 radical (unpaired) electrons. The zero-order chi connectivity index (χ0) is 13.8. The number of aromatic nitrogens is 3. The molecule has 0 spiro atoms. The van der Waals surface area contributed by atoms with Gasteiger partial charge in [0.1, 0.15) is 5.52 Å². The average Bonchev–Trinajstić information content (AvgIpc) is 2.38. The number of nitrogens with zero attached hydrogens (tertiary/aromatic N) is 4. The average molecular weight is 258 g/mol. The summed E-state index contributed by atoms with van der Waals surface area (Å²) in [6.07, 6.45) is 0.494. The highest BCUT2D eigenvalue weighted by atomic mass is 15.3. The van der Waals surface area contributed by atoms with E-state index in [4.69, 9.17) is 11.1 Å². The van der Waals surface area contributed by atoms with Gasteiger partial charge in [-0.25, -0.2) is 4.98 Å². The summed E-state index contributed by atoms with van der Waals surface area (Å²) in [7, 11) is 0. The Morgan fingerprint density at radius 3 is 2.58 bits per heavy atom. The molecule has 0 unspecified atom stereocenters. The normalized spacial score (nSPS) is 10.9. The van der Waals surface area contributed by atoms with Crippen LogP contribution in [-0.4, -0.2) is 33.6 Å². The minimum absolute atomic E-state index is 0.166. The van der Waals surface area contributed by atoms with E-state index in [1.165, 1.54) is 0 Å². The molecule has 0 saturated carbocycles. The number of nitrogens with two attached hydrogens (primary N) is 1. The van der Waals surface area contributed by atoms with Crippen LogP contribution in [0, 0.1) is 5.41 Å². The van der Waals surface area contributed by atoms with E-state index in [0.717, 1.165) is 11.0 Å². The SMILES string of the molecule is CC(C)N(CCC(=N)N)c1nnc2ccccc2n1. The molecule has 2 aromatic rings. The van der Waals surface area contributed by atoms with Crippen LogP contribution in [0.15, 0.2) is 24.3 Å². The predicted molar refractivity (Wildman–Crippen MR) is 76.3 cm³/mol. The van der Waals surface area contributed by atoms with Crippen LogP contribution in [0.3, 0.4) is 0 Å². The van der Waals surface area contributed by atoms with Crippen molar-refractivity contribution in [3.63, 3.8) is 0 Å². The summed E-state index contributed by atoms with van der Waals surface area (Å²) in [4.78, 5) is 6.52. The molecule has 0 fully saturated rings. The van der Waals surface area contributed by atoms with Crippen LogP contribution < -0.4 is 10.6 Å². The van der Waals surface area contributed by atoms with Gasteiger partial charge in [-0.3, -0.25) is 5.41 Å². The lowest BCUT2D eigenvalue weighted by molar-refractivity contribution is 0.662. The van der Waals surface area contributed by atoms with Crippen LogP contribution >= 0.6 is 0 Å². The van der Waals surface area contributed by atoms with E-state index in [1.807, 2.05) is 29.2 Å². The molecule has 0 atom stereocenters. The molecular formula is C13H18N6. The number of rotatable bonds is 5. The van der Waals surface area contributed by atoms with Crippen LogP contribution in [0.25, 0.3) is 11.0 Å². The molecule has 1 heterocycles. The first-order valence-electron chi connectivity index (χ1n) is 6.27. The summed E-state index contributed by atoms with van der Waals surface area (Å²) in [6.45, 7) is 4.73. The Labute approximate surface area is 112 Å². The summed E-state index contributed by atoms with van der Waals surface area (Å²) < 4.78 is 0. The summed E-state index contributed by atoms with van der Waals surface area (Å²) in [6, 6.07) is 7.86. The maximum Gasteiger partial charge on any atom is 0.246 e. The molecule has 0 aliphatic heterocycles. The van der Waals surface area contributed by atoms with Crippen molar-refractivity contribution in [2.24, 2.45) is 5.73 Å². The Morgan fingerprint density at radius 2 is 1.95 bits per heavy atom. The smallest absolute Gasteiger partial charge is 0.246 e. The van der Waals surface area contributed by atoms with E-state index in [2.05, 4.69) is 29.0 Å². The number of benzene rings is 1. The number of amidine groups is 1. The first kappa shape index (κ1) is 13.2. The molecule has 2 rings (SSSR count). The van der Waals surface area contributed by atoms with Crippen LogP contribution in [0.5, 0.6) is 0 Å². The topological polar surface area (TPSA) is 91.8 Å². The van der Waals surface area contributed by atoms with Crippen molar-refractivity contribution in [2.75, 3.05) is 11.4 Å². The van der Waals surface area contributed by atoms with Crippen LogP contribution in [0.1, 0.15) is 20.3 Å². The van der Waals surface area contributed by atoms with E-state index in [0.29, 0.717) is 18.9 Å². The largest absolute Gasteiger partial charge is 0.388 e. The molecule has 100 valence electrons. The molecule has 0 amide bonds. The highest BCUT2D eigenvalue weighted by Crippen LogP contribution is 2.14. The van der Waals surface area contributed by atoms with Crippen LogP contribution in [0.4, 0.5) is 5.95 Å². The minimum Gasteiger partial charge on any atom is -0.388 e. The molecule has 0 bridgehead atoms. The lowest BCUT2D eigenvalue weighted by atomic mass is 10.3. The maximum absolute atomic E-state index is 7.32. The summed E-state index contributed by atoms with van der Waals surface area (Å²) in [5.74, 6) is 0.745. The zero-order valence-electron chi connectivity index (χ0n) is 11.2. The number of fused-ring (bicyclic) bond motifs is 1. The van der Waals surface area contributed by atoms with Crippen molar-refractivity contribution >= 4 is 22.8 Å². The van der Waals surface area contributed by atoms with Gasteiger partial charge < -0.3 is 10.6 Å². The van der Waals surface area contributed by atoms with Gasteiger partial charge in [0, 0.05) is 19.0 Å². The van der Waals surface area contributed by atoms with Gasteiger partial charge in [-0.15, -0.1) is 10.2 Å². The molecule has 1 aromatic heterocycles. The quantitative estimate of drug-likeness (QED) is 0.627. The number of anilines is 1. The molecular weight excluding hydrogens is 240 g/mol. The maximum atomic E-state index is 7.32. The molecule has 1 aromatic carbocycles. The standard InChI is InChI=1S/C13H18N6/c1-9(2)19(8-7-12(14)15)13-16-10-5-3-4-6-11(10)17-18-13/h3-6,9H,7-8H2,1-2H3,(H3,14,15). The monoisotopic (exact) mass is 258 g/mol. The van der Waals surface area contributed by atoms with E-state index >= 15 is 0 Å². The number of nitrogens with one attached hydrogen (secondary N) is 1. The molecule has 0 aliphatic rings. The van der Waals surface area contributed by atoms with Gasteiger partial charge in [-0.1, -0.05) is 12.1 Å². The fraction of sp³-hybridized carbons (Fsp3) is 0.385. The first-order valence-corrected chi connectivity index (χ1v) is 6.27. The molecule has 19 heavy (non-hydrogen) atoms. The Balaban J connectivity index is 2.30. The van der Waals surface area contributed by atoms with Crippen molar-refractivity contribution in [3.05, 3.63) is 24.3 Å². The highest BCUT2D eigenvalue weighted by molar-refractivity contribution is 5.77. The third kappa shape index (κ3) is 3.15. The summed E-state index contributed by atoms with van der Waals surface area (Å²) in [5, 5.41) is 15.6. The van der Waals surface area contributed by atoms with E-state index in [-0.39, 0.29) is 11.9 Å². The molecule has 6 heteroatoms. The van der Waals surface area contributed by atoms with Crippen LogP contribution in [0.2, 0.25) is 0 Å². The first-order chi connectivity index (χ1) is 9.08. The lowest BCUT2D eigenvalue weighted by Gasteiger charge is -2.26. The second kappa shape index (κ2) is 5.60. The van der Waals surface area contributed by atoms with Crippen molar-refractivity contribution in [1.29, 1.82) is 5.41 Å². The summed E-state index contributed by atoms with van der Waals surface area (Å²) >= 11 is 0. The van der Waals surface area contributed by atoms with E-state index in [1.54, 1.807) is 0 Å². The number of hydrogen-bond acceptors (Lipinski definition) is 5. The Bertz CT molecular complexity index is 580. The Morgan fingerprint density at radius 1 is 1.26 bits per heavy atom. The van der Waals surface area contributed by atoms with Crippen molar-refractivity contribution in [2.45, 2.75) is 26.3 Å². The second-order valence-electron chi connectivity index (χ2n) is 4.66. The van der Waals surface area contributed by atoms with Gasteiger partial charge in [-0.05, 0) is 26.0 Å². The van der Waals surface area contributed by atoms with Crippen molar-refractivity contribution in [1.82, 2.24) is 15.2 Å². The third-order valence-corrected chi connectivity index (χ3v) is 2.85. The fourth-order valence-electron chi connectivity index (χ4n) is 1.82. The van der Waals surface area contributed by atoms with Gasteiger partial charge in [0.2, 0.25) is 5.95 Å². The van der Waals surface area contributed by atoms with Crippen molar-refractivity contribution in [3.8, 4) is 0 Å². The molecule has 0 aliphatic carbocycles. The molecule has 0 saturated heterocycles. The van der Waals surface area contributed by atoms with Gasteiger partial charge >= 0.3 is 0 Å². The van der Waals surface area contributed by atoms with Gasteiger partial charge in [0.15, 0.2) is 0 Å². The molecule has 6 nitrogen and oxygen atoms in total. The van der Waals surface area contributed by atoms with Gasteiger partial charge in [-0.2, -0.15) is 0 Å². The van der Waals surface area contributed by atoms with E-state index < -0.39 is 0 Å². The lowest BCUT2D eigenvalue weighted by Crippen LogP contribution is -2.35. The highest BCUT2D eigenvalue weighted by Gasteiger charge is 2.14. The van der Waals surface area contributed by atoms with E-state index in [9.17, 15) is 0 Å². The number of hydrogen-bond donors (Lipinski definition) is 2. The zero-order valence-corrected chi connectivity index (χ0v) is 11.2. The van der Waals surface area contributed by atoms with Gasteiger partial charge in [0.25, 0.3) is 0 Å².